The molecular formula is C9H15IN2. The van der Waals surface area contributed by atoms with E-state index in [2.05, 4.69) is 30.3 Å². The van der Waals surface area contributed by atoms with Gasteiger partial charge in [-0.1, -0.05) is 0 Å². The molecule has 0 atom stereocenters. The molecule has 0 radical (unpaired) electrons. The first-order valence-corrected chi connectivity index (χ1v) is 3.96. The van der Waals surface area contributed by atoms with Gasteiger partial charge in [-0.3, -0.25) is 0 Å². The fourth-order valence-electron chi connectivity index (χ4n) is 1.17. The smallest absolute Gasteiger partial charge is 0.199 e. The molecule has 12 heavy (non-hydrogen) atoms. The molecule has 2 nitrogen and oxygen atoms in total. The molecule has 0 bridgehead atoms. The lowest BCUT2D eigenvalue weighted by Gasteiger charge is -2.03. The van der Waals surface area contributed by atoms with E-state index in [9.17, 15) is 0 Å². The number of aromatic nitrogens is 2. The lowest BCUT2D eigenvalue weighted by molar-refractivity contribution is -0.722. The molecule has 0 saturated carbocycles. The molecule has 0 unspecified atom stereocenters. The molecule has 0 N–H and O–H groups in total. The minimum Gasteiger partial charge on any atom is -1.00 e. The first-order valence-electron chi connectivity index (χ1n) is 3.96. The minimum absolute atomic E-state index is 0. The molecule has 3 heteroatoms. The summed E-state index contributed by atoms with van der Waals surface area (Å²) in [7, 11) is 0. The Labute approximate surface area is 91.0 Å². The lowest BCUT2D eigenvalue weighted by Crippen LogP contribution is -3.00. The van der Waals surface area contributed by atoms with Gasteiger partial charge < -0.3 is 24.0 Å². The Hall–Kier alpha value is -0.190. The fraction of sp³-hybridized carbons (Fsp3) is 0.556. The third-order valence-corrected chi connectivity index (χ3v) is 1.96. The van der Waals surface area contributed by atoms with Gasteiger partial charge in [-0.15, -0.1) is 0 Å². The summed E-state index contributed by atoms with van der Waals surface area (Å²) in [6.45, 7) is 8.48. The van der Waals surface area contributed by atoms with Crippen molar-refractivity contribution >= 4 is 0 Å². The van der Waals surface area contributed by atoms with Crippen LogP contribution in [0, 0.1) is 13.8 Å². The number of nitrogens with zero attached hydrogens (tertiary/aromatic N) is 2. The van der Waals surface area contributed by atoms with Gasteiger partial charge in [0.15, 0.2) is 17.9 Å². The van der Waals surface area contributed by atoms with E-state index in [-0.39, 0.29) is 24.0 Å². The van der Waals surface area contributed by atoms with Crippen LogP contribution in [0.4, 0.5) is 0 Å². The van der Waals surface area contributed by atoms with Crippen molar-refractivity contribution in [2.45, 2.75) is 33.7 Å². The van der Waals surface area contributed by atoms with Gasteiger partial charge in [-0.2, -0.15) is 4.57 Å². The van der Waals surface area contributed by atoms with Crippen molar-refractivity contribution in [3.63, 3.8) is 0 Å². The maximum Gasteiger partial charge on any atom is 0.199 e. The third-order valence-electron chi connectivity index (χ3n) is 1.96. The number of rotatable bonds is 1. The van der Waals surface area contributed by atoms with Crippen LogP contribution in [-0.2, 0) is 0 Å². The zero-order valence-electron chi connectivity index (χ0n) is 8.00. The molecule has 1 rings (SSSR count). The van der Waals surface area contributed by atoms with E-state index in [1.807, 2.05) is 19.3 Å². The van der Waals surface area contributed by atoms with E-state index in [4.69, 9.17) is 0 Å². The highest BCUT2D eigenvalue weighted by molar-refractivity contribution is 4.99. The highest BCUT2D eigenvalue weighted by atomic mass is 127. The highest BCUT2D eigenvalue weighted by Gasteiger charge is 2.11. The quantitative estimate of drug-likeness (QED) is 0.455. The van der Waals surface area contributed by atoms with Gasteiger partial charge in [-0.05, 0) is 20.8 Å². The van der Waals surface area contributed by atoms with E-state index >= 15 is 0 Å². The van der Waals surface area contributed by atoms with Crippen molar-refractivity contribution < 1.29 is 28.5 Å². The zero-order chi connectivity index (χ0) is 8.43. The number of aryl methyl sites for hydroxylation is 1. The summed E-state index contributed by atoms with van der Waals surface area (Å²) in [5.74, 6) is 0. The van der Waals surface area contributed by atoms with E-state index < -0.39 is 0 Å². The number of halogens is 1. The van der Waals surface area contributed by atoms with Crippen LogP contribution < -0.4 is 28.5 Å². The second kappa shape index (κ2) is 4.74. The summed E-state index contributed by atoms with van der Waals surface area (Å²) < 4.78 is 2.22. The summed E-state index contributed by atoms with van der Waals surface area (Å²) in [6.07, 6.45) is 3.87. The predicted molar refractivity (Wildman–Crippen MR) is 44.3 cm³/mol. The largest absolute Gasteiger partial charge is 1.00 e. The zero-order valence-corrected chi connectivity index (χ0v) is 10.2. The molecule has 0 aliphatic carbocycles. The van der Waals surface area contributed by atoms with Crippen LogP contribution in [0.1, 0.15) is 31.3 Å². The molecule has 0 saturated heterocycles. The average Bonchev–Trinajstić information content (AvgIpc) is 1.94. The third kappa shape index (κ3) is 2.40. The SMILES string of the molecule is Cc1ncc[n+](C(C)C)c1C.[I-]. The summed E-state index contributed by atoms with van der Waals surface area (Å²) in [5.41, 5.74) is 2.36. The Morgan fingerprint density at radius 2 is 1.92 bits per heavy atom. The van der Waals surface area contributed by atoms with Crippen LogP contribution in [0.25, 0.3) is 0 Å². The maximum absolute atomic E-state index is 4.20. The Balaban J connectivity index is 0.00000121. The van der Waals surface area contributed by atoms with Crippen molar-refractivity contribution in [2.24, 2.45) is 0 Å². The molecule has 0 aromatic carbocycles. The van der Waals surface area contributed by atoms with E-state index in [1.54, 1.807) is 0 Å². The van der Waals surface area contributed by atoms with Gasteiger partial charge in [0.05, 0.1) is 6.20 Å². The van der Waals surface area contributed by atoms with E-state index in [0.717, 1.165) is 5.69 Å². The molecule has 0 aliphatic rings. The van der Waals surface area contributed by atoms with Gasteiger partial charge in [0, 0.05) is 6.92 Å². The summed E-state index contributed by atoms with van der Waals surface area (Å²) in [4.78, 5) is 4.20. The first kappa shape index (κ1) is 11.8. The number of hydrogen-bond acceptors (Lipinski definition) is 1. The van der Waals surface area contributed by atoms with Crippen LogP contribution >= 0.6 is 0 Å². The van der Waals surface area contributed by atoms with Crippen LogP contribution in [0.3, 0.4) is 0 Å². The van der Waals surface area contributed by atoms with Gasteiger partial charge >= 0.3 is 0 Å². The van der Waals surface area contributed by atoms with Crippen LogP contribution in [0.2, 0.25) is 0 Å². The van der Waals surface area contributed by atoms with Gasteiger partial charge in [0.2, 0.25) is 0 Å². The summed E-state index contributed by atoms with van der Waals surface area (Å²) in [6, 6.07) is 0.525. The first-order chi connectivity index (χ1) is 5.13. The lowest BCUT2D eigenvalue weighted by atomic mass is 10.3. The normalized spacial score (nSPS) is 9.75. The van der Waals surface area contributed by atoms with Gasteiger partial charge in [-0.25, -0.2) is 4.98 Å². The monoisotopic (exact) mass is 278 g/mol. The topological polar surface area (TPSA) is 16.8 Å². The second-order valence-corrected chi connectivity index (χ2v) is 3.10. The molecule has 0 fully saturated rings. The van der Waals surface area contributed by atoms with Crippen molar-refractivity contribution in [1.29, 1.82) is 0 Å². The van der Waals surface area contributed by atoms with Crippen molar-refractivity contribution in [1.82, 2.24) is 4.98 Å². The predicted octanol–water partition coefficient (Wildman–Crippen LogP) is -1.43. The molecule has 0 spiro atoms. The van der Waals surface area contributed by atoms with E-state index in [0.29, 0.717) is 6.04 Å². The van der Waals surface area contributed by atoms with Crippen molar-refractivity contribution in [3.05, 3.63) is 23.8 Å². The Kier molecular flexibility index (Phi) is 4.67. The molecule has 1 heterocycles. The Bertz CT molecular complexity index is 259. The van der Waals surface area contributed by atoms with Crippen LogP contribution in [0.5, 0.6) is 0 Å². The van der Waals surface area contributed by atoms with Crippen molar-refractivity contribution in [2.75, 3.05) is 0 Å². The maximum atomic E-state index is 4.20. The summed E-state index contributed by atoms with van der Waals surface area (Å²) >= 11 is 0. The molecule has 0 amide bonds. The fourth-order valence-corrected chi connectivity index (χ4v) is 1.17. The van der Waals surface area contributed by atoms with Crippen molar-refractivity contribution in [3.8, 4) is 0 Å². The molecule has 68 valence electrons. The Morgan fingerprint density at radius 3 is 2.33 bits per heavy atom. The molecule has 0 aliphatic heterocycles. The second-order valence-electron chi connectivity index (χ2n) is 3.10. The molecule has 1 aromatic heterocycles. The minimum atomic E-state index is 0. The number of hydrogen-bond donors (Lipinski definition) is 0. The van der Waals surface area contributed by atoms with Gasteiger partial charge in [0.25, 0.3) is 0 Å². The van der Waals surface area contributed by atoms with Gasteiger partial charge in [0.1, 0.15) is 5.69 Å². The summed E-state index contributed by atoms with van der Waals surface area (Å²) in [5, 5.41) is 0. The molecular weight excluding hydrogens is 263 g/mol. The van der Waals surface area contributed by atoms with Crippen LogP contribution in [0.15, 0.2) is 12.4 Å². The van der Waals surface area contributed by atoms with E-state index in [1.165, 1.54) is 5.69 Å². The van der Waals surface area contributed by atoms with Crippen LogP contribution in [-0.4, -0.2) is 4.98 Å². The standard InChI is InChI=1S/C9H15N2.HI/c1-7(2)11-6-5-10-8(3)9(11)4;/h5-7H,1-4H3;1H/q+1;/p-1. The average molecular weight is 278 g/mol. The molecule has 1 aromatic rings. The highest BCUT2D eigenvalue weighted by Crippen LogP contribution is 1.98. The Morgan fingerprint density at radius 1 is 1.33 bits per heavy atom.